The molecular formula is C17H24N2S. The molecule has 0 aliphatic rings. The summed E-state index contributed by atoms with van der Waals surface area (Å²) >= 11 is 1.83. The second-order valence-electron chi connectivity index (χ2n) is 5.26. The molecule has 3 heteroatoms. The standard InChI is InChI=1S/C17H24N2S/c1-3-19(13-17-5-4-10-20-17)12-15-6-8-16(9-7-15)14(2)11-18/h4-10,14H,3,11-13,18H2,1-2H3. The van der Waals surface area contributed by atoms with E-state index < -0.39 is 0 Å². The second kappa shape index (κ2) is 7.58. The van der Waals surface area contributed by atoms with Crippen LogP contribution in [0.2, 0.25) is 0 Å². The molecule has 1 aromatic carbocycles. The molecule has 0 bridgehead atoms. The van der Waals surface area contributed by atoms with Crippen LogP contribution in [0.4, 0.5) is 0 Å². The van der Waals surface area contributed by atoms with Crippen LogP contribution in [-0.2, 0) is 13.1 Å². The van der Waals surface area contributed by atoms with Crippen LogP contribution in [0.1, 0.15) is 35.8 Å². The van der Waals surface area contributed by atoms with E-state index >= 15 is 0 Å². The van der Waals surface area contributed by atoms with Crippen molar-refractivity contribution in [3.8, 4) is 0 Å². The first-order valence-corrected chi connectivity index (χ1v) is 8.14. The third-order valence-corrected chi connectivity index (χ3v) is 4.58. The van der Waals surface area contributed by atoms with Gasteiger partial charge in [0.15, 0.2) is 0 Å². The molecule has 108 valence electrons. The molecule has 20 heavy (non-hydrogen) atoms. The van der Waals surface area contributed by atoms with Gasteiger partial charge in [-0.15, -0.1) is 11.3 Å². The molecule has 2 N–H and O–H groups in total. The molecular weight excluding hydrogens is 264 g/mol. The lowest BCUT2D eigenvalue weighted by Crippen LogP contribution is -2.21. The normalized spacial score (nSPS) is 12.8. The highest BCUT2D eigenvalue weighted by Gasteiger charge is 2.07. The Kier molecular flexibility index (Phi) is 5.77. The first-order valence-electron chi connectivity index (χ1n) is 7.26. The van der Waals surface area contributed by atoms with E-state index in [1.54, 1.807) is 0 Å². The molecule has 0 radical (unpaired) electrons. The quantitative estimate of drug-likeness (QED) is 0.839. The number of thiophene rings is 1. The van der Waals surface area contributed by atoms with Gasteiger partial charge in [-0.2, -0.15) is 0 Å². The molecule has 1 unspecified atom stereocenters. The smallest absolute Gasteiger partial charge is 0.0331 e. The van der Waals surface area contributed by atoms with E-state index in [-0.39, 0.29) is 0 Å². The minimum Gasteiger partial charge on any atom is -0.330 e. The van der Waals surface area contributed by atoms with Gasteiger partial charge in [0, 0.05) is 18.0 Å². The second-order valence-corrected chi connectivity index (χ2v) is 6.29. The van der Waals surface area contributed by atoms with Crippen molar-refractivity contribution in [3.05, 3.63) is 57.8 Å². The molecule has 0 amide bonds. The molecule has 0 aliphatic heterocycles. The van der Waals surface area contributed by atoms with Crippen molar-refractivity contribution in [2.45, 2.75) is 32.9 Å². The summed E-state index contributed by atoms with van der Waals surface area (Å²) in [5.41, 5.74) is 8.42. The number of nitrogens with zero attached hydrogens (tertiary/aromatic N) is 1. The maximum atomic E-state index is 5.71. The van der Waals surface area contributed by atoms with Crippen LogP contribution >= 0.6 is 11.3 Å². The number of rotatable bonds is 7. The predicted molar refractivity (Wildman–Crippen MR) is 88.0 cm³/mol. The van der Waals surface area contributed by atoms with Gasteiger partial charge >= 0.3 is 0 Å². The van der Waals surface area contributed by atoms with E-state index in [1.807, 2.05) is 11.3 Å². The van der Waals surface area contributed by atoms with E-state index in [0.717, 1.165) is 19.6 Å². The molecule has 2 aromatic rings. The highest BCUT2D eigenvalue weighted by atomic mass is 32.1. The van der Waals surface area contributed by atoms with Gasteiger partial charge in [-0.3, -0.25) is 4.90 Å². The van der Waals surface area contributed by atoms with Crippen LogP contribution in [0, 0.1) is 0 Å². The fourth-order valence-electron chi connectivity index (χ4n) is 2.25. The zero-order chi connectivity index (χ0) is 14.4. The summed E-state index contributed by atoms with van der Waals surface area (Å²) in [6.07, 6.45) is 0. The Hall–Kier alpha value is -1.16. The molecule has 2 rings (SSSR count). The number of hydrogen-bond donors (Lipinski definition) is 1. The summed E-state index contributed by atoms with van der Waals surface area (Å²) in [7, 11) is 0. The van der Waals surface area contributed by atoms with Gasteiger partial charge < -0.3 is 5.73 Å². The fourth-order valence-corrected chi connectivity index (χ4v) is 2.99. The summed E-state index contributed by atoms with van der Waals surface area (Å²) in [4.78, 5) is 3.90. The average Bonchev–Trinajstić information content (AvgIpc) is 2.99. The highest BCUT2D eigenvalue weighted by molar-refractivity contribution is 7.09. The number of nitrogens with two attached hydrogens (primary N) is 1. The Morgan fingerprint density at radius 3 is 2.45 bits per heavy atom. The van der Waals surface area contributed by atoms with Crippen molar-refractivity contribution >= 4 is 11.3 Å². The van der Waals surface area contributed by atoms with Crippen LogP contribution in [0.3, 0.4) is 0 Å². The van der Waals surface area contributed by atoms with Crippen molar-refractivity contribution < 1.29 is 0 Å². The summed E-state index contributed by atoms with van der Waals surface area (Å²) in [5, 5.41) is 2.15. The van der Waals surface area contributed by atoms with E-state index in [4.69, 9.17) is 5.73 Å². The molecule has 1 heterocycles. The molecule has 1 aromatic heterocycles. The maximum absolute atomic E-state index is 5.71. The predicted octanol–water partition coefficient (Wildman–Crippen LogP) is 3.83. The summed E-state index contributed by atoms with van der Waals surface area (Å²) in [6, 6.07) is 13.2. The van der Waals surface area contributed by atoms with Gasteiger partial charge in [0.05, 0.1) is 0 Å². The van der Waals surface area contributed by atoms with Crippen molar-refractivity contribution in [3.63, 3.8) is 0 Å². The molecule has 0 saturated heterocycles. The van der Waals surface area contributed by atoms with Gasteiger partial charge in [0.2, 0.25) is 0 Å². The summed E-state index contributed by atoms with van der Waals surface area (Å²) in [5.74, 6) is 0.442. The van der Waals surface area contributed by atoms with E-state index in [1.165, 1.54) is 16.0 Å². The minimum atomic E-state index is 0.442. The third-order valence-electron chi connectivity index (χ3n) is 3.72. The number of hydrogen-bond acceptors (Lipinski definition) is 3. The fraction of sp³-hybridized carbons (Fsp3) is 0.412. The molecule has 0 aliphatic carbocycles. The maximum Gasteiger partial charge on any atom is 0.0331 e. The van der Waals surface area contributed by atoms with Crippen LogP contribution in [0.15, 0.2) is 41.8 Å². The monoisotopic (exact) mass is 288 g/mol. The summed E-state index contributed by atoms with van der Waals surface area (Å²) in [6.45, 7) is 8.21. The van der Waals surface area contributed by atoms with Gasteiger partial charge in [-0.1, -0.05) is 44.2 Å². The topological polar surface area (TPSA) is 29.3 Å². The Balaban J connectivity index is 1.97. The van der Waals surface area contributed by atoms with Crippen LogP contribution in [0.5, 0.6) is 0 Å². The first-order chi connectivity index (χ1) is 9.72. The van der Waals surface area contributed by atoms with Crippen molar-refractivity contribution in [1.82, 2.24) is 4.90 Å². The van der Waals surface area contributed by atoms with E-state index in [0.29, 0.717) is 12.5 Å². The SMILES string of the molecule is CCN(Cc1ccc(C(C)CN)cc1)Cc1cccs1. The van der Waals surface area contributed by atoms with Gasteiger partial charge in [0.25, 0.3) is 0 Å². The van der Waals surface area contributed by atoms with Crippen molar-refractivity contribution in [2.75, 3.05) is 13.1 Å². The lowest BCUT2D eigenvalue weighted by atomic mass is 10.00. The molecule has 2 nitrogen and oxygen atoms in total. The Morgan fingerprint density at radius 2 is 1.90 bits per heavy atom. The molecule has 1 atom stereocenters. The molecule has 0 saturated carbocycles. The average molecular weight is 288 g/mol. The highest BCUT2D eigenvalue weighted by Crippen LogP contribution is 2.17. The summed E-state index contributed by atoms with van der Waals surface area (Å²) < 4.78 is 0. The first kappa shape index (κ1) is 15.2. The van der Waals surface area contributed by atoms with Crippen LogP contribution in [-0.4, -0.2) is 18.0 Å². The number of benzene rings is 1. The Labute approximate surface area is 126 Å². The Bertz CT molecular complexity index is 490. The van der Waals surface area contributed by atoms with E-state index in [9.17, 15) is 0 Å². The van der Waals surface area contributed by atoms with Crippen molar-refractivity contribution in [1.29, 1.82) is 0 Å². The Morgan fingerprint density at radius 1 is 1.15 bits per heavy atom. The third kappa shape index (κ3) is 4.17. The van der Waals surface area contributed by atoms with Crippen LogP contribution < -0.4 is 5.73 Å². The van der Waals surface area contributed by atoms with Crippen molar-refractivity contribution in [2.24, 2.45) is 5.73 Å². The van der Waals surface area contributed by atoms with E-state index in [2.05, 4.69) is 60.5 Å². The molecule has 0 spiro atoms. The minimum absolute atomic E-state index is 0.442. The van der Waals surface area contributed by atoms with Crippen LogP contribution in [0.25, 0.3) is 0 Å². The zero-order valence-corrected chi connectivity index (χ0v) is 13.2. The van der Waals surface area contributed by atoms with Gasteiger partial charge in [-0.05, 0) is 41.6 Å². The van der Waals surface area contributed by atoms with Gasteiger partial charge in [-0.25, -0.2) is 0 Å². The molecule has 0 fully saturated rings. The lowest BCUT2D eigenvalue weighted by molar-refractivity contribution is 0.274. The zero-order valence-electron chi connectivity index (χ0n) is 12.4. The lowest BCUT2D eigenvalue weighted by Gasteiger charge is -2.20. The largest absolute Gasteiger partial charge is 0.330 e. The van der Waals surface area contributed by atoms with Gasteiger partial charge in [0.1, 0.15) is 0 Å².